The number of carbonyl (C=O) groups is 5. The van der Waals surface area contributed by atoms with Crippen molar-refractivity contribution in [1.82, 2.24) is 15.5 Å². The van der Waals surface area contributed by atoms with Crippen LogP contribution in [-0.2, 0) is 47.3 Å². The van der Waals surface area contributed by atoms with Gasteiger partial charge in [-0.15, -0.1) is 0 Å². The molecule has 0 unspecified atom stereocenters. The van der Waals surface area contributed by atoms with Crippen LogP contribution in [-0.4, -0.2) is 69.7 Å². The Balaban J connectivity index is 1.76. The van der Waals surface area contributed by atoms with Gasteiger partial charge in [-0.2, -0.15) is 0 Å². The highest BCUT2D eigenvalue weighted by Gasteiger charge is 2.46. The highest BCUT2D eigenvalue weighted by molar-refractivity contribution is 6.04. The number of para-hydroxylation sites is 1. The second-order valence-corrected chi connectivity index (χ2v) is 15.5. The topological polar surface area (TPSA) is 164 Å². The minimum absolute atomic E-state index is 0.0346. The van der Waals surface area contributed by atoms with Gasteiger partial charge in [-0.05, 0) is 57.2 Å². The van der Waals surface area contributed by atoms with E-state index in [2.05, 4.69) is 22.5 Å². The predicted octanol–water partition coefficient (Wildman–Crippen LogP) is 6.69. The molecule has 0 fully saturated rings. The zero-order chi connectivity index (χ0) is 40.9. The van der Waals surface area contributed by atoms with E-state index in [1.54, 1.807) is 81.4 Å². The number of fused-ring (bicyclic) bond motifs is 1. The Hall–Kier alpha value is -5.36. The first-order chi connectivity index (χ1) is 26.6. The summed E-state index contributed by atoms with van der Waals surface area (Å²) in [4.78, 5) is 75.8. The maximum absolute atomic E-state index is 15.0. The summed E-state index contributed by atoms with van der Waals surface area (Å²) in [5.41, 5.74) is -0.509. The van der Waals surface area contributed by atoms with Gasteiger partial charge in [-0.1, -0.05) is 112 Å². The molecule has 0 bridgehead atoms. The van der Waals surface area contributed by atoms with Gasteiger partial charge in [-0.25, -0.2) is 9.59 Å². The molecule has 0 aromatic heterocycles. The Kier molecular flexibility index (Phi) is 15.5. The number of alkyl carbamates (subject to hydrolysis) is 1. The van der Waals surface area contributed by atoms with Crippen LogP contribution in [0.15, 0.2) is 89.9 Å². The van der Waals surface area contributed by atoms with Gasteiger partial charge in [0.25, 0.3) is 5.91 Å². The molecule has 3 aromatic rings. The van der Waals surface area contributed by atoms with Crippen molar-refractivity contribution < 1.29 is 38.6 Å². The summed E-state index contributed by atoms with van der Waals surface area (Å²) in [6.07, 6.45) is 3.02. The monoisotopic (exact) mass is 768 g/mol. The minimum Gasteiger partial charge on any atom is -0.459 e. The van der Waals surface area contributed by atoms with Crippen molar-refractivity contribution in [1.29, 1.82) is 0 Å². The number of ether oxygens (including phenoxy) is 2. The van der Waals surface area contributed by atoms with E-state index in [1.165, 1.54) is 13.1 Å². The number of aliphatic hydroxyl groups is 1. The molecule has 12 nitrogen and oxygen atoms in total. The van der Waals surface area contributed by atoms with Gasteiger partial charge in [0.2, 0.25) is 11.8 Å². The number of carbonyl (C=O) groups excluding carboxylic acids is 5. The Morgan fingerprint density at radius 2 is 1.48 bits per heavy atom. The Labute approximate surface area is 330 Å². The Bertz CT molecular complexity index is 1830. The number of hydrogen-bond acceptors (Lipinski definition) is 9. The van der Waals surface area contributed by atoms with Crippen molar-refractivity contribution >= 4 is 41.7 Å². The maximum atomic E-state index is 15.0. The number of amides is 4. The molecule has 0 saturated heterocycles. The number of unbranched alkanes of at least 4 members (excludes halogenated alkanes) is 1. The van der Waals surface area contributed by atoms with E-state index in [1.807, 2.05) is 31.2 Å². The molecule has 0 aliphatic carbocycles. The van der Waals surface area contributed by atoms with Crippen LogP contribution in [0.4, 0.5) is 10.5 Å². The molecule has 1 aliphatic rings. The van der Waals surface area contributed by atoms with Crippen molar-refractivity contribution in [3.05, 3.63) is 102 Å². The highest BCUT2D eigenvalue weighted by Crippen LogP contribution is 2.39. The smallest absolute Gasteiger partial charge is 0.408 e. The molecule has 5 atom stereocenters. The third-order valence-corrected chi connectivity index (χ3v) is 9.52. The standard InChI is InChI=1S/C44H56N4O8/c1-7-8-17-30(2)24-25-38(49)48(40(51)36(26-32-18-11-9-12-19-32)47-42(53)56-43(4,5)6)37(27-44(54)29-45-35-23-16-15-22-34(35)44)39(50)46-31(3)41(52)55-28-33-20-13-10-14-21-33/h9-16,18-23,29-31,36-37,54H,7-8,17,24-28H2,1-6H3,(H,46,50)(H,47,53)/t30-,31-,36+,37+,44+/m0/s1. The van der Waals surface area contributed by atoms with Gasteiger partial charge >= 0.3 is 12.1 Å². The number of aliphatic imine (C=N–C) groups is 1. The molecule has 4 amide bonds. The Morgan fingerprint density at radius 3 is 2.12 bits per heavy atom. The number of esters is 1. The van der Waals surface area contributed by atoms with Gasteiger partial charge < -0.3 is 25.2 Å². The summed E-state index contributed by atoms with van der Waals surface area (Å²) in [5.74, 6) is -3.03. The molecule has 12 heteroatoms. The summed E-state index contributed by atoms with van der Waals surface area (Å²) < 4.78 is 11.0. The van der Waals surface area contributed by atoms with Crippen LogP contribution in [0.1, 0.15) is 96.8 Å². The molecule has 0 spiro atoms. The number of hydrogen-bond donors (Lipinski definition) is 3. The molecule has 3 N–H and O–H groups in total. The van der Waals surface area contributed by atoms with Gasteiger partial charge in [-0.3, -0.25) is 24.3 Å². The van der Waals surface area contributed by atoms with E-state index in [4.69, 9.17) is 9.47 Å². The van der Waals surface area contributed by atoms with Gasteiger partial charge in [0.1, 0.15) is 35.9 Å². The first-order valence-electron chi connectivity index (χ1n) is 19.4. The molecular formula is C44H56N4O8. The van der Waals surface area contributed by atoms with Crippen LogP contribution >= 0.6 is 0 Å². The maximum Gasteiger partial charge on any atom is 0.408 e. The molecule has 1 heterocycles. The summed E-state index contributed by atoms with van der Waals surface area (Å²) in [5, 5.41) is 17.4. The van der Waals surface area contributed by atoms with Crippen LogP contribution in [0.3, 0.4) is 0 Å². The molecular weight excluding hydrogens is 713 g/mol. The zero-order valence-corrected chi connectivity index (χ0v) is 33.3. The summed E-state index contributed by atoms with van der Waals surface area (Å²) >= 11 is 0. The lowest BCUT2D eigenvalue weighted by Gasteiger charge is -2.36. The fourth-order valence-electron chi connectivity index (χ4n) is 6.48. The van der Waals surface area contributed by atoms with Crippen LogP contribution in [0, 0.1) is 5.92 Å². The lowest BCUT2D eigenvalue weighted by molar-refractivity contribution is -0.156. The average Bonchev–Trinajstić information content (AvgIpc) is 3.50. The van der Waals surface area contributed by atoms with Crippen molar-refractivity contribution in [3.63, 3.8) is 0 Å². The minimum atomic E-state index is -1.88. The number of benzene rings is 3. The van der Waals surface area contributed by atoms with Crippen molar-refractivity contribution in [2.75, 3.05) is 0 Å². The first-order valence-corrected chi connectivity index (χ1v) is 19.4. The first kappa shape index (κ1) is 43.4. The van der Waals surface area contributed by atoms with Crippen LogP contribution in [0.5, 0.6) is 0 Å². The van der Waals surface area contributed by atoms with E-state index in [0.717, 1.165) is 29.7 Å². The lowest BCUT2D eigenvalue weighted by Crippen LogP contribution is -2.61. The molecule has 56 heavy (non-hydrogen) atoms. The molecule has 1 aliphatic heterocycles. The van der Waals surface area contributed by atoms with E-state index < -0.39 is 65.5 Å². The number of nitrogens with zero attached hydrogens (tertiary/aromatic N) is 2. The zero-order valence-electron chi connectivity index (χ0n) is 33.3. The largest absolute Gasteiger partial charge is 0.459 e. The molecule has 300 valence electrons. The lowest BCUT2D eigenvalue weighted by atomic mass is 9.87. The molecule has 0 radical (unpaired) electrons. The third-order valence-electron chi connectivity index (χ3n) is 9.52. The van der Waals surface area contributed by atoms with Crippen molar-refractivity contribution in [2.45, 2.75) is 122 Å². The summed E-state index contributed by atoms with van der Waals surface area (Å²) in [6, 6.07) is 20.6. The second-order valence-electron chi connectivity index (χ2n) is 15.5. The van der Waals surface area contributed by atoms with Crippen LogP contribution < -0.4 is 10.6 Å². The fourth-order valence-corrected chi connectivity index (χ4v) is 6.48. The Morgan fingerprint density at radius 1 is 0.857 bits per heavy atom. The predicted molar refractivity (Wildman–Crippen MR) is 214 cm³/mol. The normalized spacial score (nSPS) is 16.8. The van der Waals surface area contributed by atoms with Gasteiger partial charge in [0.05, 0.1) is 5.69 Å². The number of rotatable bonds is 18. The van der Waals surface area contributed by atoms with Crippen LogP contribution in [0.2, 0.25) is 0 Å². The number of nitrogens with one attached hydrogen (secondary N) is 2. The number of imide groups is 1. The summed E-state index contributed by atoms with van der Waals surface area (Å²) in [7, 11) is 0. The van der Waals surface area contributed by atoms with E-state index in [-0.39, 0.29) is 25.4 Å². The molecule has 0 saturated carbocycles. The van der Waals surface area contributed by atoms with Crippen molar-refractivity contribution in [2.24, 2.45) is 10.9 Å². The van der Waals surface area contributed by atoms with E-state index in [0.29, 0.717) is 23.2 Å². The van der Waals surface area contributed by atoms with Gasteiger partial charge in [0, 0.05) is 31.0 Å². The molecule has 3 aromatic carbocycles. The second kappa shape index (κ2) is 20.0. The van der Waals surface area contributed by atoms with Gasteiger partial charge in [0.15, 0.2) is 0 Å². The average molecular weight is 769 g/mol. The van der Waals surface area contributed by atoms with Crippen LogP contribution in [0.25, 0.3) is 0 Å². The highest BCUT2D eigenvalue weighted by atomic mass is 16.6. The quantitative estimate of drug-likeness (QED) is 0.121. The SMILES string of the molecule is CCCC[C@H](C)CCC(=O)N(C(=O)[C@@H](Cc1ccccc1)NC(=O)OC(C)(C)C)[C@H](C[C@@]1(O)C=Nc2ccccc21)C(=O)N[C@@H](C)C(=O)OCc1ccccc1. The summed E-state index contributed by atoms with van der Waals surface area (Å²) in [6.45, 7) is 10.6. The van der Waals surface area contributed by atoms with E-state index >= 15 is 4.79 Å². The van der Waals surface area contributed by atoms with Crippen molar-refractivity contribution in [3.8, 4) is 0 Å². The third kappa shape index (κ3) is 12.6. The molecule has 4 rings (SSSR count). The van der Waals surface area contributed by atoms with E-state index in [9.17, 15) is 24.3 Å². The fraction of sp³-hybridized carbons (Fsp3) is 0.455.